The predicted octanol–water partition coefficient (Wildman–Crippen LogP) is 11.5. The van der Waals surface area contributed by atoms with Gasteiger partial charge in [-0.05, 0) is 121 Å². The topological polar surface area (TPSA) is 222 Å². The molecule has 16 nitrogen and oxygen atoms in total. The van der Waals surface area contributed by atoms with Crippen LogP contribution in [0.5, 0.6) is 0 Å². The second-order valence-electron chi connectivity index (χ2n) is 21.4. The molecule has 0 atom stereocenters. The molecule has 0 aliphatic carbocycles. The van der Waals surface area contributed by atoms with E-state index in [1.165, 1.54) is 0 Å². The molecule has 0 saturated carbocycles. The van der Waals surface area contributed by atoms with E-state index < -0.39 is 23.9 Å². The molecule has 8 bridgehead atoms. The Hall–Kier alpha value is -11.5. The zero-order valence-corrected chi connectivity index (χ0v) is 48.5. The largest absolute Gasteiger partial charge is 3.00 e. The molecule has 11 aromatic rings. The minimum atomic E-state index is -1.01. The van der Waals surface area contributed by atoms with Crippen LogP contribution >= 0.6 is 0 Å². The van der Waals surface area contributed by atoms with Crippen molar-refractivity contribution >= 4 is 70.2 Å². The Labute approximate surface area is 519 Å². The van der Waals surface area contributed by atoms with Crippen molar-refractivity contribution in [1.29, 1.82) is 0 Å². The van der Waals surface area contributed by atoms with Crippen molar-refractivity contribution in [1.82, 2.24) is 19.9 Å². The van der Waals surface area contributed by atoms with Gasteiger partial charge in [-0.2, -0.15) is 18.3 Å². The second-order valence-corrected chi connectivity index (χ2v) is 21.4. The molecular weight excluding hydrogens is 1160 g/mol. The van der Waals surface area contributed by atoms with E-state index in [9.17, 15) is 39.6 Å². The molecule has 4 aromatic carbocycles. The van der Waals surface area contributed by atoms with Crippen molar-refractivity contribution in [2.45, 2.75) is 26.2 Å². The molecule has 431 valence electrons. The Bertz CT molecular complexity index is 4260. The Morgan fingerprint density at radius 3 is 0.719 bits per heavy atom. The molecule has 13 rings (SSSR count). The third kappa shape index (κ3) is 11.9. The Kier molecular flexibility index (Phi) is 16.1. The SMILES string of the molecule is O=C(O)c1ccc(C[n+]2ccccc2-c2c3nc(c(-c4cccc[n+]4Cc4ccc(C(=O)O)cc4)c4ccc([nH]4)c(-c4cccc[n+]4Cc4ccc(C(=O)O)cc4)c4nc(c(-c5cccc[n+]5Cc5ccc(C(=O)O)cc5)c5ccc2[nH]5)C=C4)C=C3)cc1.[Fe+3]. The molecule has 0 fully saturated rings. The molecule has 1 radical (unpaired) electrons. The van der Waals surface area contributed by atoms with E-state index in [-0.39, 0.29) is 39.3 Å². The van der Waals surface area contributed by atoms with Gasteiger partial charge < -0.3 is 30.4 Å². The van der Waals surface area contributed by atoms with E-state index >= 15 is 0 Å². The Balaban J connectivity index is 0.00000769. The maximum atomic E-state index is 11.9. The number of aromatic carboxylic acids is 4. The number of H-pyrrole nitrogens is 2. The first kappa shape index (κ1) is 57.9. The van der Waals surface area contributed by atoms with Crippen LogP contribution in [0.15, 0.2) is 219 Å². The summed E-state index contributed by atoms with van der Waals surface area (Å²) in [7, 11) is 0. The molecule has 2 aliphatic rings. The summed E-state index contributed by atoms with van der Waals surface area (Å²) in [5.74, 6) is -4.03. The zero-order valence-electron chi connectivity index (χ0n) is 47.4. The van der Waals surface area contributed by atoms with Gasteiger partial charge in [0.25, 0.3) is 0 Å². The van der Waals surface area contributed by atoms with Crippen LogP contribution in [0, 0.1) is 0 Å². The summed E-state index contributed by atoms with van der Waals surface area (Å²) < 4.78 is 8.48. The Morgan fingerprint density at radius 1 is 0.303 bits per heavy atom. The average molecular weight is 1220 g/mol. The number of rotatable bonds is 16. The number of hydrogen-bond donors (Lipinski definition) is 6. The Morgan fingerprint density at radius 2 is 0.517 bits per heavy atom. The first-order valence-corrected chi connectivity index (χ1v) is 28.3. The molecular formula is C72H54FeN8O8+7. The summed E-state index contributed by atoms with van der Waals surface area (Å²) in [6.45, 7) is 1.58. The predicted molar refractivity (Wildman–Crippen MR) is 331 cm³/mol. The molecule has 9 heterocycles. The number of nitrogens with one attached hydrogen (secondary N) is 2. The van der Waals surface area contributed by atoms with Crippen LogP contribution in [-0.2, 0) is 43.2 Å². The number of carboxylic acids is 4. The number of fused-ring (bicyclic) bond motifs is 8. The third-order valence-corrected chi connectivity index (χ3v) is 15.8. The molecule has 0 amide bonds. The van der Waals surface area contributed by atoms with Gasteiger partial charge in [-0.15, -0.1) is 0 Å². The zero-order chi connectivity index (χ0) is 60.4. The number of aromatic nitrogens is 8. The third-order valence-electron chi connectivity index (χ3n) is 15.8. The summed E-state index contributed by atoms with van der Waals surface area (Å²) in [6, 6.07) is 59.6. The molecule has 2 aliphatic heterocycles. The summed E-state index contributed by atoms with van der Waals surface area (Å²) in [4.78, 5) is 66.7. The fraction of sp³-hybridized carbons (Fsp3) is 0.0556. The van der Waals surface area contributed by atoms with E-state index in [0.29, 0.717) is 49.0 Å². The van der Waals surface area contributed by atoms with Crippen LogP contribution in [0.25, 0.3) is 91.4 Å². The van der Waals surface area contributed by atoms with Gasteiger partial charge in [0.05, 0.1) is 89.4 Å². The molecule has 89 heavy (non-hydrogen) atoms. The van der Waals surface area contributed by atoms with Crippen molar-refractivity contribution in [3.63, 3.8) is 0 Å². The average Bonchev–Trinajstić information content (AvgIpc) is 2.18. The standard InChI is InChI=1S/C72H50N8O8.Fe/c81-69(82)49-21-13-45(14-22-49)41-77-37-5-1-9-61(77)65-53-29-31-55(73-53)66(62-10-2-6-38-78(62)42-46-15-23-50(24-16-46)70(83)84)57-33-35-59(75-57)68(64-12-4-8-40-80(64)44-48-19-27-52(28-20-48)72(87)88)60-36-34-58(76-60)67(56-32-30-54(65)74-56)63-11-3-7-39-79(63)43-47-17-25-51(26-18-47)71(85)86;/h1-40H,41-44H2,(H2-3,73,74,75,76,81,82,83,84,85,86,87,88);/q;+3/p+4. The van der Waals surface area contributed by atoms with Gasteiger partial charge in [-0.1, -0.05) is 48.5 Å². The van der Waals surface area contributed by atoms with Crippen LogP contribution in [0.3, 0.4) is 0 Å². The molecule has 7 aromatic heterocycles. The van der Waals surface area contributed by atoms with Gasteiger partial charge in [0.2, 0.25) is 22.8 Å². The number of nitrogens with zero attached hydrogens (tertiary/aromatic N) is 6. The van der Waals surface area contributed by atoms with Gasteiger partial charge in [-0.3, -0.25) is 0 Å². The van der Waals surface area contributed by atoms with E-state index in [1.807, 2.05) is 195 Å². The number of aromatic amines is 2. The minimum absolute atomic E-state index is 0. The van der Waals surface area contributed by atoms with Crippen LogP contribution in [0.1, 0.15) is 86.5 Å². The van der Waals surface area contributed by atoms with Crippen LogP contribution < -0.4 is 18.3 Å². The molecule has 17 heteroatoms. The van der Waals surface area contributed by atoms with Gasteiger partial charge >= 0.3 is 40.9 Å². The van der Waals surface area contributed by atoms with Crippen molar-refractivity contribution < 1.29 is 74.9 Å². The monoisotopic (exact) mass is 1210 g/mol. The van der Waals surface area contributed by atoms with Gasteiger partial charge in [0.1, 0.15) is 0 Å². The number of carboxylic acid groups (broad SMARTS) is 4. The van der Waals surface area contributed by atoms with Crippen LogP contribution in [-0.4, -0.2) is 64.2 Å². The first-order valence-electron chi connectivity index (χ1n) is 28.3. The van der Waals surface area contributed by atoms with E-state index in [1.54, 1.807) is 48.5 Å². The molecule has 0 saturated heterocycles. The molecule has 0 unspecified atom stereocenters. The van der Waals surface area contributed by atoms with Gasteiger partial charge in [0.15, 0.2) is 51.0 Å². The summed E-state index contributed by atoms with van der Waals surface area (Å²) in [5, 5.41) is 39.1. The molecule has 0 spiro atoms. The van der Waals surface area contributed by atoms with Crippen molar-refractivity contribution in [3.8, 4) is 45.0 Å². The first-order chi connectivity index (χ1) is 42.9. The fourth-order valence-corrected chi connectivity index (χ4v) is 11.4. The van der Waals surface area contributed by atoms with E-state index in [2.05, 4.69) is 28.2 Å². The molecule has 6 N–H and O–H groups in total. The van der Waals surface area contributed by atoms with E-state index in [4.69, 9.17) is 9.97 Å². The quantitative estimate of drug-likeness (QED) is 0.0397. The van der Waals surface area contributed by atoms with Crippen molar-refractivity contribution in [2.75, 3.05) is 0 Å². The van der Waals surface area contributed by atoms with Crippen LogP contribution in [0.2, 0.25) is 0 Å². The number of hydrogen-bond acceptors (Lipinski definition) is 6. The smallest absolute Gasteiger partial charge is 0.478 e. The van der Waals surface area contributed by atoms with Gasteiger partial charge in [-0.25, -0.2) is 29.1 Å². The summed E-state index contributed by atoms with van der Waals surface area (Å²) in [6.07, 6.45) is 16.1. The fourth-order valence-electron chi connectivity index (χ4n) is 11.4. The summed E-state index contributed by atoms with van der Waals surface area (Å²) in [5.41, 5.74) is 16.2. The van der Waals surface area contributed by atoms with Crippen LogP contribution in [0.4, 0.5) is 0 Å². The number of benzene rings is 4. The van der Waals surface area contributed by atoms with Crippen molar-refractivity contribution in [2.24, 2.45) is 0 Å². The second kappa shape index (κ2) is 24.8. The van der Waals surface area contributed by atoms with Gasteiger partial charge in [0, 0.05) is 70.8 Å². The number of pyridine rings is 4. The minimum Gasteiger partial charge on any atom is -0.478 e. The summed E-state index contributed by atoms with van der Waals surface area (Å²) >= 11 is 0. The number of carbonyl (C=O) groups is 4. The maximum Gasteiger partial charge on any atom is 3.00 e. The normalized spacial score (nSPS) is 11.5. The van der Waals surface area contributed by atoms with Crippen molar-refractivity contribution in [3.05, 3.63) is 286 Å². The maximum absolute atomic E-state index is 11.9. The van der Waals surface area contributed by atoms with E-state index in [0.717, 1.165) is 89.4 Å².